The molecule has 0 aliphatic carbocycles. The highest BCUT2D eigenvalue weighted by Crippen LogP contribution is 2.25. The van der Waals surface area contributed by atoms with E-state index in [9.17, 15) is 4.79 Å². The molecule has 0 spiro atoms. The Morgan fingerprint density at radius 2 is 2.14 bits per heavy atom. The predicted molar refractivity (Wildman–Crippen MR) is 87.9 cm³/mol. The van der Waals surface area contributed by atoms with E-state index < -0.39 is 0 Å². The normalized spacial score (nSPS) is 16.7. The molecule has 1 heterocycles. The first kappa shape index (κ1) is 16.3. The van der Waals surface area contributed by atoms with Crippen molar-refractivity contribution in [3.8, 4) is 5.75 Å². The summed E-state index contributed by atoms with van der Waals surface area (Å²) in [5.74, 6) is 1.16. The van der Waals surface area contributed by atoms with E-state index in [1.807, 2.05) is 0 Å². The topological polar surface area (TPSA) is 41.6 Å². The Balaban J connectivity index is 1.82. The number of ether oxygens (including phenoxy) is 1. The lowest BCUT2D eigenvalue weighted by atomic mass is 10.1. The molecule has 116 valence electrons. The molecule has 1 amide bonds. The Hall–Kier alpha value is -1.07. The highest BCUT2D eigenvalue weighted by Gasteiger charge is 2.15. The molecular weight excluding hydrogens is 332 g/mol. The number of hydrogen-bond acceptors (Lipinski definition) is 3. The van der Waals surface area contributed by atoms with Crippen LogP contribution in [-0.2, 0) is 0 Å². The average molecular weight is 355 g/mol. The van der Waals surface area contributed by atoms with Crippen LogP contribution < -0.4 is 10.1 Å². The largest absolute Gasteiger partial charge is 0.496 e. The van der Waals surface area contributed by atoms with Crippen LogP contribution in [0.4, 0.5) is 0 Å². The lowest BCUT2D eigenvalue weighted by Gasteiger charge is -2.20. The van der Waals surface area contributed by atoms with Gasteiger partial charge in [0.25, 0.3) is 5.91 Å². The minimum absolute atomic E-state index is 0.0355. The number of carbonyl (C=O) groups excluding carboxylic acids is 1. The number of hydrogen-bond donors (Lipinski definition) is 1. The molecule has 1 aromatic rings. The zero-order valence-corrected chi connectivity index (χ0v) is 14.3. The molecular formula is C16H23BrN2O2. The molecule has 5 heteroatoms. The highest BCUT2D eigenvalue weighted by atomic mass is 79.9. The molecule has 1 aliphatic rings. The molecule has 21 heavy (non-hydrogen) atoms. The van der Waals surface area contributed by atoms with Crippen molar-refractivity contribution < 1.29 is 9.53 Å². The van der Waals surface area contributed by atoms with Gasteiger partial charge in [-0.05, 0) is 66.0 Å². The molecule has 4 nitrogen and oxygen atoms in total. The van der Waals surface area contributed by atoms with E-state index >= 15 is 0 Å². The summed E-state index contributed by atoms with van der Waals surface area (Å²) in [6, 6.07) is 5.37. The molecule has 1 aromatic carbocycles. The summed E-state index contributed by atoms with van der Waals surface area (Å²) in [6.45, 7) is 6.35. The second-order valence-electron chi connectivity index (χ2n) is 5.67. The molecule has 2 rings (SSSR count). The van der Waals surface area contributed by atoms with E-state index in [2.05, 4.69) is 33.1 Å². The Morgan fingerprint density at radius 1 is 1.43 bits per heavy atom. The van der Waals surface area contributed by atoms with Gasteiger partial charge >= 0.3 is 0 Å². The van der Waals surface area contributed by atoms with Gasteiger partial charge in [0.2, 0.25) is 0 Å². The van der Waals surface area contributed by atoms with E-state index in [0.29, 0.717) is 18.0 Å². The summed E-state index contributed by atoms with van der Waals surface area (Å²) >= 11 is 3.40. The first-order valence-corrected chi connectivity index (χ1v) is 8.23. The van der Waals surface area contributed by atoms with Gasteiger partial charge in [-0.3, -0.25) is 4.79 Å². The second kappa shape index (κ2) is 7.80. The van der Waals surface area contributed by atoms with Crippen LogP contribution in [0.15, 0.2) is 22.7 Å². The lowest BCUT2D eigenvalue weighted by Crippen LogP contribution is -2.34. The van der Waals surface area contributed by atoms with Crippen LogP contribution in [0.1, 0.15) is 30.1 Å². The lowest BCUT2D eigenvalue weighted by molar-refractivity contribution is 0.0945. The van der Waals surface area contributed by atoms with E-state index in [4.69, 9.17) is 4.74 Å². The van der Waals surface area contributed by atoms with Gasteiger partial charge in [-0.2, -0.15) is 0 Å². The van der Waals surface area contributed by atoms with Crippen molar-refractivity contribution in [1.29, 1.82) is 0 Å². The van der Waals surface area contributed by atoms with Gasteiger partial charge in [0.15, 0.2) is 0 Å². The highest BCUT2D eigenvalue weighted by molar-refractivity contribution is 9.10. The van der Waals surface area contributed by atoms with Crippen molar-refractivity contribution in [3.05, 3.63) is 28.2 Å². The SMILES string of the molecule is COc1ccc(C(=O)NCC(C)CN2CCCC2)cc1Br. The summed E-state index contributed by atoms with van der Waals surface area (Å²) in [5, 5.41) is 3.01. The number of amides is 1. The van der Waals surface area contributed by atoms with Gasteiger partial charge in [0.05, 0.1) is 11.6 Å². The minimum atomic E-state index is -0.0355. The van der Waals surface area contributed by atoms with Crippen molar-refractivity contribution in [1.82, 2.24) is 10.2 Å². The number of carbonyl (C=O) groups is 1. The van der Waals surface area contributed by atoms with Gasteiger partial charge in [0.1, 0.15) is 5.75 Å². The summed E-state index contributed by atoms with van der Waals surface area (Å²) in [7, 11) is 1.61. The molecule has 0 aromatic heterocycles. The maximum atomic E-state index is 12.2. The quantitative estimate of drug-likeness (QED) is 0.853. The van der Waals surface area contributed by atoms with Gasteiger partial charge in [-0.25, -0.2) is 0 Å². The zero-order chi connectivity index (χ0) is 15.2. The number of rotatable bonds is 6. The van der Waals surface area contributed by atoms with E-state index in [1.165, 1.54) is 25.9 Å². The summed E-state index contributed by atoms with van der Waals surface area (Å²) < 4.78 is 5.96. The molecule has 0 radical (unpaired) electrons. The molecule has 0 bridgehead atoms. The number of methoxy groups -OCH3 is 1. The van der Waals surface area contributed by atoms with Crippen LogP contribution in [0.25, 0.3) is 0 Å². The summed E-state index contributed by atoms with van der Waals surface area (Å²) in [6.07, 6.45) is 2.61. The average Bonchev–Trinajstić information content (AvgIpc) is 2.97. The molecule has 1 atom stereocenters. The van der Waals surface area contributed by atoms with Crippen LogP contribution in [0, 0.1) is 5.92 Å². The van der Waals surface area contributed by atoms with E-state index in [-0.39, 0.29) is 5.91 Å². The molecule has 1 unspecified atom stereocenters. The molecule has 1 aliphatic heterocycles. The first-order valence-electron chi connectivity index (χ1n) is 7.44. The second-order valence-corrected chi connectivity index (χ2v) is 6.53. The maximum absolute atomic E-state index is 12.2. The van der Waals surface area contributed by atoms with Crippen molar-refractivity contribution in [2.24, 2.45) is 5.92 Å². The third-order valence-electron chi connectivity index (χ3n) is 3.79. The Morgan fingerprint density at radius 3 is 2.76 bits per heavy atom. The van der Waals surface area contributed by atoms with Crippen LogP contribution in [0.2, 0.25) is 0 Å². The number of nitrogens with zero attached hydrogens (tertiary/aromatic N) is 1. The van der Waals surface area contributed by atoms with Gasteiger partial charge in [-0.15, -0.1) is 0 Å². The standard InChI is InChI=1S/C16H23BrN2O2/c1-12(11-19-7-3-4-8-19)10-18-16(20)13-5-6-15(21-2)14(17)9-13/h5-6,9,12H,3-4,7-8,10-11H2,1-2H3,(H,18,20). The number of likely N-dealkylation sites (tertiary alicyclic amines) is 1. The molecule has 0 saturated carbocycles. The summed E-state index contributed by atoms with van der Waals surface area (Å²) in [4.78, 5) is 14.6. The van der Waals surface area contributed by atoms with Crippen LogP contribution in [0.3, 0.4) is 0 Å². The Bertz CT molecular complexity index is 487. The Labute approximate surface area is 135 Å². The fraction of sp³-hybridized carbons (Fsp3) is 0.562. The molecule has 1 N–H and O–H groups in total. The predicted octanol–water partition coefficient (Wildman–Crippen LogP) is 2.92. The van der Waals surface area contributed by atoms with Crippen molar-refractivity contribution >= 4 is 21.8 Å². The fourth-order valence-corrected chi connectivity index (χ4v) is 3.19. The van der Waals surface area contributed by atoms with E-state index in [0.717, 1.165) is 16.8 Å². The molecule has 1 fully saturated rings. The minimum Gasteiger partial charge on any atom is -0.496 e. The zero-order valence-electron chi connectivity index (χ0n) is 12.7. The number of nitrogens with one attached hydrogen (secondary N) is 1. The van der Waals surface area contributed by atoms with Crippen molar-refractivity contribution in [3.63, 3.8) is 0 Å². The van der Waals surface area contributed by atoms with Crippen LogP contribution in [-0.4, -0.2) is 44.1 Å². The Kier molecular flexibility index (Phi) is 6.06. The maximum Gasteiger partial charge on any atom is 0.251 e. The summed E-state index contributed by atoms with van der Waals surface area (Å²) in [5.41, 5.74) is 0.649. The third-order valence-corrected chi connectivity index (χ3v) is 4.41. The van der Waals surface area contributed by atoms with Crippen molar-refractivity contribution in [2.45, 2.75) is 19.8 Å². The third kappa shape index (κ3) is 4.71. The smallest absolute Gasteiger partial charge is 0.251 e. The fourth-order valence-electron chi connectivity index (χ4n) is 2.65. The van der Waals surface area contributed by atoms with Crippen LogP contribution in [0.5, 0.6) is 5.75 Å². The van der Waals surface area contributed by atoms with Gasteiger partial charge in [-0.1, -0.05) is 6.92 Å². The van der Waals surface area contributed by atoms with Gasteiger partial charge < -0.3 is 15.0 Å². The van der Waals surface area contributed by atoms with Crippen molar-refractivity contribution in [2.75, 3.05) is 33.3 Å². The number of benzene rings is 1. The molecule has 1 saturated heterocycles. The van der Waals surface area contributed by atoms with E-state index in [1.54, 1.807) is 25.3 Å². The first-order chi connectivity index (χ1) is 10.1. The monoisotopic (exact) mass is 354 g/mol. The van der Waals surface area contributed by atoms with Gasteiger partial charge in [0, 0.05) is 18.7 Å². The van der Waals surface area contributed by atoms with Crippen LogP contribution >= 0.6 is 15.9 Å². The number of halogens is 1.